The number of hydrogen-bond donors (Lipinski definition) is 1. The average molecular weight is 151 g/mol. The summed E-state index contributed by atoms with van der Waals surface area (Å²) < 4.78 is 4.10. The Labute approximate surface area is 80.4 Å². The summed E-state index contributed by atoms with van der Waals surface area (Å²) in [5.41, 5.74) is -0.405. The van der Waals surface area contributed by atoms with Crippen LogP contribution in [0, 0.1) is 11.3 Å². The van der Waals surface area contributed by atoms with Crippen molar-refractivity contribution in [2.75, 3.05) is 7.11 Å². The van der Waals surface area contributed by atoms with Crippen LogP contribution in [0.2, 0.25) is 0 Å². The standard InChI is InChI=1S/C5H5NO3.Na.H/c1-9-5(8)4(2-6)3-7;;/h3,7H,1H3;;. The third kappa shape index (κ3) is 3.51. The number of carbonyl (C=O) groups is 1. The quantitative estimate of drug-likeness (QED) is 0.180. The number of hydrogen-bond acceptors (Lipinski definition) is 4. The molecule has 0 aromatic heterocycles. The van der Waals surface area contributed by atoms with Crippen molar-refractivity contribution >= 4 is 35.5 Å². The van der Waals surface area contributed by atoms with Crippen molar-refractivity contribution in [1.29, 1.82) is 5.26 Å². The number of nitriles is 1. The Kier molecular flexibility index (Phi) is 8.07. The van der Waals surface area contributed by atoms with E-state index in [1.807, 2.05) is 0 Å². The molecule has 0 heterocycles. The Morgan fingerprint density at radius 1 is 1.80 bits per heavy atom. The summed E-state index contributed by atoms with van der Waals surface area (Å²) >= 11 is 0. The van der Waals surface area contributed by atoms with Gasteiger partial charge in [-0.2, -0.15) is 5.26 Å². The van der Waals surface area contributed by atoms with Gasteiger partial charge in [0, 0.05) is 0 Å². The zero-order chi connectivity index (χ0) is 7.28. The predicted molar refractivity (Wildman–Crippen MR) is 35.5 cm³/mol. The second-order valence-corrected chi connectivity index (χ2v) is 1.15. The molecule has 0 saturated carbocycles. The van der Waals surface area contributed by atoms with E-state index in [0.29, 0.717) is 6.26 Å². The van der Waals surface area contributed by atoms with Gasteiger partial charge in [0.2, 0.25) is 0 Å². The third-order valence-corrected chi connectivity index (χ3v) is 0.655. The minimum absolute atomic E-state index is 0. The first-order chi connectivity index (χ1) is 4.26. The fourth-order valence-corrected chi connectivity index (χ4v) is 0.237. The van der Waals surface area contributed by atoms with E-state index in [-0.39, 0.29) is 29.6 Å². The number of aliphatic hydroxyl groups excluding tert-OH is 1. The van der Waals surface area contributed by atoms with Gasteiger partial charge in [0.1, 0.15) is 12.3 Å². The van der Waals surface area contributed by atoms with E-state index in [0.717, 1.165) is 7.11 Å². The number of ether oxygens (including phenoxy) is 1. The number of nitrogens with zero attached hydrogens (tertiary/aromatic N) is 1. The van der Waals surface area contributed by atoms with E-state index in [9.17, 15) is 4.79 Å². The number of esters is 1. The van der Waals surface area contributed by atoms with Crippen LogP contribution < -0.4 is 0 Å². The molecule has 0 spiro atoms. The van der Waals surface area contributed by atoms with Crippen LogP contribution in [0.1, 0.15) is 0 Å². The van der Waals surface area contributed by atoms with Crippen molar-refractivity contribution in [2.24, 2.45) is 0 Å². The van der Waals surface area contributed by atoms with Crippen LogP contribution in [0.15, 0.2) is 11.8 Å². The predicted octanol–water partition coefficient (Wildman–Crippen LogP) is -0.524. The summed E-state index contributed by atoms with van der Waals surface area (Å²) in [4.78, 5) is 10.3. The molecule has 5 heteroatoms. The monoisotopic (exact) mass is 151 g/mol. The normalized spacial score (nSPS) is 9.00. The molecule has 0 saturated heterocycles. The van der Waals surface area contributed by atoms with E-state index in [1.54, 1.807) is 0 Å². The number of carbonyl (C=O) groups excluding carboxylic acids is 1. The summed E-state index contributed by atoms with van der Waals surface area (Å²) in [6, 6.07) is 1.44. The van der Waals surface area contributed by atoms with E-state index in [2.05, 4.69) is 4.74 Å². The first-order valence-electron chi connectivity index (χ1n) is 2.09. The number of aliphatic hydroxyl groups is 1. The van der Waals surface area contributed by atoms with Gasteiger partial charge in [-0.1, -0.05) is 0 Å². The fraction of sp³-hybridized carbons (Fsp3) is 0.200. The molecule has 0 aliphatic rings. The maximum absolute atomic E-state index is 10.3. The molecule has 0 amide bonds. The van der Waals surface area contributed by atoms with Gasteiger partial charge >= 0.3 is 35.5 Å². The summed E-state index contributed by atoms with van der Waals surface area (Å²) in [5.74, 6) is -0.833. The average Bonchev–Trinajstić information content (AvgIpc) is 1.90. The van der Waals surface area contributed by atoms with Crippen molar-refractivity contribution < 1.29 is 14.6 Å². The van der Waals surface area contributed by atoms with E-state index >= 15 is 0 Å². The van der Waals surface area contributed by atoms with Crippen LogP contribution in [-0.4, -0.2) is 47.7 Å². The second kappa shape index (κ2) is 6.62. The summed E-state index contributed by atoms with van der Waals surface area (Å²) in [7, 11) is 1.13. The van der Waals surface area contributed by atoms with Crippen molar-refractivity contribution in [2.45, 2.75) is 0 Å². The topological polar surface area (TPSA) is 70.3 Å². The van der Waals surface area contributed by atoms with Gasteiger partial charge in [-0.05, 0) is 0 Å². The Morgan fingerprint density at radius 2 is 2.30 bits per heavy atom. The molecule has 4 nitrogen and oxygen atoms in total. The van der Waals surface area contributed by atoms with Crippen LogP contribution >= 0.6 is 0 Å². The second-order valence-electron chi connectivity index (χ2n) is 1.15. The van der Waals surface area contributed by atoms with Crippen LogP contribution in [-0.2, 0) is 9.53 Å². The van der Waals surface area contributed by atoms with Crippen LogP contribution in [0.5, 0.6) is 0 Å². The first kappa shape index (κ1) is 12.2. The molecule has 0 atom stereocenters. The molecule has 0 fully saturated rings. The summed E-state index contributed by atoms with van der Waals surface area (Å²) in [6.45, 7) is 0. The molecule has 0 aromatic rings. The van der Waals surface area contributed by atoms with Gasteiger partial charge in [-0.15, -0.1) is 0 Å². The fourth-order valence-electron chi connectivity index (χ4n) is 0.237. The zero-order valence-corrected chi connectivity index (χ0v) is 4.79. The summed E-state index contributed by atoms with van der Waals surface area (Å²) in [6.07, 6.45) is 0.409. The van der Waals surface area contributed by atoms with Gasteiger partial charge in [0.25, 0.3) is 0 Å². The number of methoxy groups -OCH3 is 1. The van der Waals surface area contributed by atoms with Crippen LogP contribution in [0.25, 0.3) is 0 Å². The Morgan fingerprint density at radius 3 is 2.40 bits per heavy atom. The van der Waals surface area contributed by atoms with Crippen molar-refractivity contribution in [1.82, 2.24) is 0 Å². The molecule has 0 bridgehead atoms. The molecule has 0 aliphatic carbocycles. The van der Waals surface area contributed by atoms with E-state index in [4.69, 9.17) is 10.4 Å². The molecular formula is C5H6NNaO3. The Hall–Kier alpha value is -0.500. The van der Waals surface area contributed by atoms with Crippen LogP contribution in [0.3, 0.4) is 0 Å². The van der Waals surface area contributed by atoms with E-state index < -0.39 is 11.5 Å². The molecule has 10 heavy (non-hydrogen) atoms. The number of rotatable bonds is 1. The Balaban J connectivity index is 0. The Bertz CT molecular complexity index is 182. The van der Waals surface area contributed by atoms with Gasteiger partial charge in [0.15, 0.2) is 5.57 Å². The SMILES string of the molecule is COC(=O)C(C#N)=CO.[NaH]. The molecule has 0 unspecified atom stereocenters. The van der Waals surface area contributed by atoms with Gasteiger partial charge in [-0.25, -0.2) is 4.79 Å². The molecule has 50 valence electrons. The maximum atomic E-state index is 10.3. The molecule has 0 rings (SSSR count). The van der Waals surface area contributed by atoms with Crippen molar-refractivity contribution in [3.05, 3.63) is 11.8 Å². The minimum atomic E-state index is -0.833. The van der Waals surface area contributed by atoms with Crippen LogP contribution in [0.4, 0.5) is 0 Å². The van der Waals surface area contributed by atoms with Crippen molar-refractivity contribution in [3.8, 4) is 6.07 Å². The van der Waals surface area contributed by atoms with Gasteiger partial charge in [0.05, 0.1) is 7.11 Å². The molecule has 0 radical (unpaired) electrons. The zero-order valence-electron chi connectivity index (χ0n) is 4.79. The van der Waals surface area contributed by atoms with E-state index in [1.165, 1.54) is 6.07 Å². The first-order valence-corrected chi connectivity index (χ1v) is 2.09. The van der Waals surface area contributed by atoms with Gasteiger partial charge in [-0.3, -0.25) is 0 Å². The van der Waals surface area contributed by atoms with Gasteiger partial charge < -0.3 is 9.84 Å². The summed E-state index contributed by atoms with van der Waals surface area (Å²) in [5, 5.41) is 16.2. The molecule has 1 N–H and O–H groups in total. The molecule has 0 aromatic carbocycles. The molecule has 0 aliphatic heterocycles. The van der Waals surface area contributed by atoms with Crippen molar-refractivity contribution in [3.63, 3.8) is 0 Å². The molecular weight excluding hydrogens is 145 g/mol. The third-order valence-electron chi connectivity index (χ3n) is 0.655.